The average Bonchev–Trinajstić information content (AvgIpc) is 2.86. The molecule has 4 N–H and O–H groups in total. The fourth-order valence-electron chi connectivity index (χ4n) is 4.31. The van der Waals surface area contributed by atoms with Gasteiger partial charge in [-0.2, -0.15) is 0 Å². The Hall–Kier alpha value is -2.65. The van der Waals surface area contributed by atoms with Crippen molar-refractivity contribution in [2.75, 3.05) is 40.0 Å². The van der Waals surface area contributed by atoms with Gasteiger partial charge in [-0.3, -0.25) is 4.79 Å². The van der Waals surface area contributed by atoms with Gasteiger partial charge in [-0.05, 0) is 67.1 Å². The summed E-state index contributed by atoms with van der Waals surface area (Å²) in [7, 11) is 1.92. The summed E-state index contributed by atoms with van der Waals surface area (Å²) in [5, 5.41) is 18.0. The minimum Gasteiger partial charge on any atom is -0.465 e. The van der Waals surface area contributed by atoms with E-state index in [1.54, 1.807) is 12.1 Å². The second kappa shape index (κ2) is 14.0. The maximum absolute atomic E-state index is 13.3. The van der Waals surface area contributed by atoms with Gasteiger partial charge in [-0.1, -0.05) is 35.9 Å². The van der Waals surface area contributed by atoms with Crippen LogP contribution in [0.1, 0.15) is 35.2 Å². The third-order valence-electron chi connectivity index (χ3n) is 6.16. The Morgan fingerprint density at radius 2 is 1.94 bits per heavy atom. The zero-order valence-electron chi connectivity index (χ0n) is 20.0. The number of ether oxygens (including phenoxy) is 2. The highest BCUT2D eigenvalue weighted by Gasteiger charge is 2.21. The molecule has 2 aromatic carbocycles. The molecule has 190 valence electrons. The van der Waals surface area contributed by atoms with Gasteiger partial charge in [0.1, 0.15) is 0 Å². The van der Waals surface area contributed by atoms with E-state index in [-0.39, 0.29) is 31.7 Å². The lowest BCUT2D eigenvalue weighted by atomic mass is 9.92. The number of hydrogen-bond donors (Lipinski definition) is 4. The number of rotatable bonds is 12. The Bertz CT molecular complexity index is 981. The molecular weight excluding hydrogens is 470 g/mol. The highest BCUT2D eigenvalue weighted by atomic mass is 35.5. The summed E-state index contributed by atoms with van der Waals surface area (Å²) in [5.41, 5.74) is 2.93. The summed E-state index contributed by atoms with van der Waals surface area (Å²) in [4.78, 5) is 24.0. The van der Waals surface area contributed by atoms with Gasteiger partial charge in [-0.15, -0.1) is 0 Å². The van der Waals surface area contributed by atoms with Crippen molar-refractivity contribution in [1.82, 2.24) is 16.0 Å². The average molecular weight is 504 g/mol. The molecule has 0 aliphatic carbocycles. The van der Waals surface area contributed by atoms with Crippen LogP contribution in [0.15, 0.2) is 42.5 Å². The van der Waals surface area contributed by atoms with Crippen molar-refractivity contribution < 1.29 is 24.2 Å². The van der Waals surface area contributed by atoms with Crippen molar-refractivity contribution in [2.45, 2.75) is 31.9 Å². The Morgan fingerprint density at radius 3 is 2.66 bits per heavy atom. The van der Waals surface area contributed by atoms with Gasteiger partial charge in [0.15, 0.2) is 0 Å². The number of carboxylic acid groups (broad SMARTS) is 1. The number of carbonyl (C=O) groups is 2. The van der Waals surface area contributed by atoms with Crippen LogP contribution in [0, 0.1) is 5.92 Å². The topological polar surface area (TPSA) is 109 Å². The number of likely N-dealkylation sites (N-methyl/N-ethyl adjacent to an activating group) is 1. The third-order valence-corrected chi connectivity index (χ3v) is 6.40. The van der Waals surface area contributed by atoms with E-state index in [9.17, 15) is 9.59 Å². The second-order valence-corrected chi connectivity index (χ2v) is 9.06. The number of carbonyl (C=O) groups excluding carboxylic acids is 1. The molecule has 1 fully saturated rings. The molecule has 2 amide bonds. The number of halogens is 1. The quantitative estimate of drug-likeness (QED) is 0.327. The van der Waals surface area contributed by atoms with Crippen LogP contribution in [0.25, 0.3) is 11.1 Å². The Balaban J connectivity index is 1.73. The lowest BCUT2D eigenvalue weighted by molar-refractivity contribution is 0.0605. The monoisotopic (exact) mass is 503 g/mol. The molecule has 1 heterocycles. The van der Waals surface area contributed by atoms with E-state index in [0.29, 0.717) is 23.0 Å². The van der Waals surface area contributed by atoms with Gasteiger partial charge in [0.25, 0.3) is 5.91 Å². The number of benzene rings is 2. The molecule has 2 aromatic rings. The van der Waals surface area contributed by atoms with Crippen molar-refractivity contribution in [3.05, 3.63) is 58.6 Å². The summed E-state index contributed by atoms with van der Waals surface area (Å²) >= 11 is 6.26. The highest BCUT2D eigenvalue weighted by molar-refractivity contribution is 6.30. The molecule has 8 nitrogen and oxygen atoms in total. The lowest BCUT2D eigenvalue weighted by Crippen LogP contribution is -2.41. The fourth-order valence-corrected chi connectivity index (χ4v) is 4.50. The smallest absolute Gasteiger partial charge is 0.404 e. The molecular formula is C26H34ClN3O5. The number of amides is 2. The van der Waals surface area contributed by atoms with Crippen LogP contribution in [-0.2, 0) is 16.1 Å². The predicted molar refractivity (Wildman–Crippen MR) is 136 cm³/mol. The summed E-state index contributed by atoms with van der Waals surface area (Å²) in [5.74, 6) is 0.429. The van der Waals surface area contributed by atoms with E-state index in [1.807, 2.05) is 37.4 Å². The summed E-state index contributed by atoms with van der Waals surface area (Å²) in [6, 6.07) is 13.1. The van der Waals surface area contributed by atoms with Gasteiger partial charge in [-0.25, -0.2) is 4.79 Å². The molecule has 35 heavy (non-hydrogen) atoms. The molecule has 0 radical (unpaired) electrons. The van der Waals surface area contributed by atoms with E-state index < -0.39 is 6.09 Å². The first-order chi connectivity index (χ1) is 17.0. The summed E-state index contributed by atoms with van der Waals surface area (Å²) in [6.45, 7) is 2.75. The van der Waals surface area contributed by atoms with E-state index >= 15 is 0 Å². The molecule has 0 bridgehead atoms. The zero-order chi connectivity index (χ0) is 25.0. The van der Waals surface area contributed by atoms with E-state index in [2.05, 4.69) is 16.0 Å². The van der Waals surface area contributed by atoms with Crippen LogP contribution in [0.3, 0.4) is 0 Å². The minimum atomic E-state index is -1.09. The maximum Gasteiger partial charge on any atom is 0.404 e. The Kier molecular flexibility index (Phi) is 10.8. The maximum atomic E-state index is 13.3. The van der Waals surface area contributed by atoms with Gasteiger partial charge in [0, 0.05) is 42.9 Å². The standard InChI is InChI=1S/C26H34ClN3O5/c1-28-22(14-18-8-11-34-12-9-18)16-30-25(31)23-7-3-5-20(17-35-13-10-29-26(32)33)24(23)19-4-2-6-21(27)15-19/h2-7,15,18,22,28-29H,8-14,16-17H2,1H3,(H,30,31)(H,32,33)/t22-/m0/s1. The zero-order valence-corrected chi connectivity index (χ0v) is 20.8. The van der Waals surface area contributed by atoms with Crippen LogP contribution in [-0.4, -0.2) is 63.1 Å². The van der Waals surface area contributed by atoms with Crippen LogP contribution < -0.4 is 16.0 Å². The van der Waals surface area contributed by atoms with Gasteiger partial charge in [0.05, 0.1) is 13.2 Å². The van der Waals surface area contributed by atoms with Crippen LogP contribution in [0.2, 0.25) is 5.02 Å². The molecule has 0 saturated carbocycles. The summed E-state index contributed by atoms with van der Waals surface area (Å²) < 4.78 is 11.1. The highest BCUT2D eigenvalue weighted by Crippen LogP contribution is 2.30. The molecule has 3 rings (SSSR count). The van der Waals surface area contributed by atoms with E-state index in [4.69, 9.17) is 26.2 Å². The molecule has 0 unspecified atom stereocenters. The van der Waals surface area contributed by atoms with Crippen LogP contribution in [0.4, 0.5) is 4.79 Å². The van der Waals surface area contributed by atoms with E-state index in [1.165, 1.54) is 0 Å². The fraction of sp³-hybridized carbons (Fsp3) is 0.462. The SMILES string of the molecule is CN[C@H](CNC(=O)c1cccc(COCCNC(=O)O)c1-c1cccc(Cl)c1)CC1CCOCC1. The van der Waals surface area contributed by atoms with Gasteiger partial charge >= 0.3 is 6.09 Å². The van der Waals surface area contributed by atoms with Gasteiger partial charge < -0.3 is 30.5 Å². The van der Waals surface area contributed by atoms with Gasteiger partial charge in [0.2, 0.25) is 0 Å². The third kappa shape index (κ3) is 8.50. The molecule has 1 atom stereocenters. The van der Waals surface area contributed by atoms with E-state index in [0.717, 1.165) is 49.2 Å². The van der Waals surface area contributed by atoms with Crippen LogP contribution in [0.5, 0.6) is 0 Å². The number of nitrogens with one attached hydrogen (secondary N) is 3. The molecule has 1 aliphatic heterocycles. The first kappa shape index (κ1) is 26.9. The van der Waals surface area contributed by atoms with Crippen molar-refractivity contribution in [2.24, 2.45) is 5.92 Å². The first-order valence-corrected chi connectivity index (χ1v) is 12.3. The Labute approximate surface area is 211 Å². The number of hydrogen-bond acceptors (Lipinski definition) is 5. The van der Waals surface area contributed by atoms with Crippen molar-refractivity contribution in [3.63, 3.8) is 0 Å². The normalized spacial score (nSPS) is 14.9. The Morgan fingerprint density at radius 1 is 1.17 bits per heavy atom. The largest absolute Gasteiger partial charge is 0.465 e. The first-order valence-electron chi connectivity index (χ1n) is 11.9. The molecule has 1 saturated heterocycles. The molecule has 0 aromatic heterocycles. The minimum absolute atomic E-state index is 0.165. The van der Waals surface area contributed by atoms with Crippen molar-refractivity contribution >= 4 is 23.6 Å². The lowest BCUT2D eigenvalue weighted by Gasteiger charge is -2.26. The van der Waals surface area contributed by atoms with Crippen molar-refractivity contribution in [3.8, 4) is 11.1 Å². The predicted octanol–water partition coefficient (Wildman–Crippen LogP) is 3.93. The summed E-state index contributed by atoms with van der Waals surface area (Å²) in [6.07, 6.45) is 1.99. The second-order valence-electron chi connectivity index (χ2n) is 8.62. The molecule has 1 aliphatic rings. The molecule has 0 spiro atoms. The molecule has 9 heteroatoms. The van der Waals surface area contributed by atoms with Crippen LogP contribution >= 0.6 is 11.6 Å². The van der Waals surface area contributed by atoms with Crippen molar-refractivity contribution in [1.29, 1.82) is 0 Å².